The summed E-state index contributed by atoms with van der Waals surface area (Å²) < 4.78 is 69.6. The van der Waals surface area contributed by atoms with Gasteiger partial charge in [-0.15, -0.1) is 0 Å². The monoisotopic (exact) mass is 591 g/mol. The topological polar surface area (TPSA) is 93.7 Å². The van der Waals surface area contributed by atoms with Crippen molar-refractivity contribution in [3.8, 4) is 11.3 Å². The van der Waals surface area contributed by atoms with Crippen LogP contribution in [0, 0.1) is 18.6 Å². The van der Waals surface area contributed by atoms with E-state index in [1.54, 1.807) is 13.8 Å². The van der Waals surface area contributed by atoms with Crippen LogP contribution in [0.15, 0.2) is 36.4 Å². The molecule has 4 rings (SSSR count). The summed E-state index contributed by atoms with van der Waals surface area (Å²) in [6.07, 6.45) is -4.75. The number of anilines is 4. The van der Waals surface area contributed by atoms with Crippen LogP contribution in [0.5, 0.6) is 0 Å². The molecular formula is C28H30F5N7O2. The van der Waals surface area contributed by atoms with Crippen LogP contribution < -0.4 is 20.4 Å². The maximum atomic E-state index is 14.9. The zero-order valence-corrected chi connectivity index (χ0v) is 23.4. The van der Waals surface area contributed by atoms with Gasteiger partial charge in [-0.3, -0.25) is 4.79 Å². The van der Waals surface area contributed by atoms with E-state index in [2.05, 4.69) is 20.6 Å². The highest BCUT2D eigenvalue weighted by atomic mass is 19.4. The van der Waals surface area contributed by atoms with Gasteiger partial charge in [0.05, 0.1) is 12.2 Å². The van der Waals surface area contributed by atoms with E-state index in [0.29, 0.717) is 46.8 Å². The third-order valence-electron chi connectivity index (χ3n) is 6.53. The zero-order valence-electron chi connectivity index (χ0n) is 23.4. The van der Waals surface area contributed by atoms with Gasteiger partial charge in [0, 0.05) is 36.4 Å². The number of benzene rings is 2. The Kier molecular flexibility index (Phi) is 8.95. The van der Waals surface area contributed by atoms with Gasteiger partial charge in [0.2, 0.25) is 5.95 Å². The molecule has 3 amide bonds. The van der Waals surface area contributed by atoms with Crippen molar-refractivity contribution in [2.24, 2.45) is 0 Å². The number of alkyl halides is 3. The Morgan fingerprint density at radius 2 is 1.79 bits per heavy atom. The highest BCUT2D eigenvalue weighted by Gasteiger charge is 2.43. The molecule has 0 saturated carbocycles. The first-order chi connectivity index (χ1) is 19.8. The number of aromatic nitrogens is 2. The lowest BCUT2D eigenvalue weighted by Crippen LogP contribution is -2.43. The van der Waals surface area contributed by atoms with E-state index in [1.807, 2.05) is 19.0 Å². The van der Waals surface area contributed by atoms with Gasteiger partial charge in [-0.1, -0.05) is 19.1 Å². The third-order valence-corrected chi connectivity index (χ3v) is 6.53. The van der Waals surface area contributed by atoms with Crippen molar-refractivity contribution < 1.29 is 31.5 Å². The van der Waals surface area contributed by atoms with E-state index < -0.39 is 35.4 Å². The molecule has 0 atom stereocenters. The molecule has 0 unspecified atom stereocenters. The number of aryl methyl sites for hydroxylation is 1. The van der Waals surface area contributed by atoms with Crippen molar-refractivity contribution in [1.29, 1.82) is 0 Å². The predicted octanol–water partition coefficient (Wildman–Crippen LogP) is 5.37. The fraction of sp³-hybridized carbons (Fsp3) is 0.357. The first-order valence-corrected chi connectivity index (χ1v) is 13.1. The fourth-order valence-electron chi connectivity index (χ4n) is 4.57. The largest absolute Gasteiger partial charge is 0.471 e. The Hall–Kier alpha value is -4.33. The number of likely N-dealkylation sites (N-methyl/N-ethyl adjacent to an activating group) is 1. The van der Waals surface area contributed by atoms with Crippen molar-refractivity contribution in [3.05, 3.63) is 59.2 Å². The molecule has 1 aromatic heterocycles. The Bertz CT molecular complexity index is 1480. The van der Waals surface area contributed by atoms with Crippen LogP contribution in [0.1, 0.15) is 24.5 Å². The number of urea groups is 1. The molecule has 0 spiro atoms. The fourth-order valence-corrected chi connectivity index (χ4v) is 4.57. The number of fused-ring (bicyclic) bond motifs is 1. The molecular weight excluding hydrogens is 561 g/mol. The standard InChI is InChI=1S/C28H30F5N7O2/c1-5-12-39(25(41)28(31,32)33)17-9-10-18(16(2)14-17)22-19-15-35-27(42)40(23-20(29)7-6-8-21(23)30)24(19)37-26(36-22)34-11-13-38(3)4/h6-10,14H,5,11-13,15H2,1-4H3,(H,35,42)(H,34,36,37). The Labute approximate surface area is 239 Å². The quantitative estimate of drug-likeness (QED) is 0.325. The zero-order chi connectivity index (χ0) is 30.8. The average molecular weight is 592 g/mol. The minimum Gasteiger partial charge on any atom is -0.353 e. The smallest absolute Gasteiger partial charge is 0.353 e. The number of rotatable bonds is 9. The van der Waals surface area contributed by atoms with Crippen molar-refractivity contribution >= 4 is 35.1 Å². The van der Waals surface area contributed by atoms with E-state index in [-0.39, 0.29) is 30.5 Å². The molecule has 1 aliphatic rings. The second kappa shape index (κ2) is 12.3. The van der Waals surface area contributed by atoms with E-state index >= 15 is 0 Å². The Morgan fingerprint density at radius 3 is 2.38 bits per heavy atom. The van der Waals surface area contributed by atoms with Crippen molar-refractivity contribution in [2.45, 2.75) is 33.0 Å². The van der Waals surface area contributed by atoms with E-state index in [4.69, 9.17) is 0 Å². The van der Waals surface area contributed by atoms with E-state index in [0.717, 1.165) is 17.0 Å². The highest BCUT2D eigenvalue weighted by Crippen LogP contribution is 2.39. The maximum absolute atomic E-state index is 14.9. The molecule has 2 aromatic carbocycles. The number of carbonyl (C=O) groups excluding carboxylic acids is 2. The molecule has 0 radical (unpaired) electrons. The number of carbonyl (C=O) groups is 2. The van der Waals surface area contributed by atoms with Crippen molar-refractivity contribution in [2.75, 3.05) is 48.8 Å². The molecule has 2 heterocycles. The maximum Gasteiger partial charge on any atom is 0.471 e. The average Bonchev–Trinajstić information content (AvgIpc) is 2.91. The number of halogens is 5. The molecule has 9 nitrogen and oxygen atoms in total. The van der Waals surface area contributed by atoms with Gasteiger partial charge < -0.3 is 20.4 Å². The lowest BCUT2D eigenvalue weighted by atomic mass is 9.99. The number of para-hydroxylation sites is 1. The Morgan fingerprint density at radius 1 is 1.10 bits per heavy atom. The van der Waals surface area contributed by atoms with Gasteiger partial charge >= 0.3 is 18.1 Å². The third kappa shape index (κ3) is 6.27. The summed E-state index contributed by atoms with van der Waals surface area (Å²) in [4.78, 5) is 37.6. The highest BCUT2D eigenvalue weighted by molar-refractivity contribution is 6.02. The predicted molar refractivity (Wildman–Crippen MR) is 149 cm³/mol. The molecule has 0 saturated heterocycles. The second-order valence-corrected chi connectivity index (χ2v) is 9.95. The van der Waals surface area contributed by atoms with Gasteiger partial charge in [0.1, 0.15) is 17.3 Å². The Balaban J connectivity index is 1.88. The van der Waals surface area contributed by atoms with Crippen molar-refractivity contribution in [1.82, 2.24) is 20.2 Å². The first kappa shape index (κ1) is 30.6. The van der Waals surface area contributed by atoms with Crippen LogP contribution in [-0.2, 0) is 11.3 Å². The molecule has 2 N–H and O–H groups in total. The lowest BCUT2D eigenvalue weighted by molar-refractivity contribution is -0.170. The lowest BCUT2D eigenvalue weighted by Gasteiger charge is -2.31. The van der Waals surface area contributed by atoms with Gasteiger partial charge in [-0.05, 0) is 57.3 Å². The van der Waals surface area contributed by atoms with Gasteiger partial charge in [0.25, 0.3) is 0 Å². The molecule has 0 fully saturated rings. The molecule has 0 aliphatic carbocycles. The first-order valence-electron chi connectivity index (χ1n) is 13.1. The molecule has 14 heteroatoms. The van der Waals surface area contributed by atoms with Crippen LogP contribution >= 0.6 is 0 Å². The molecule has 224 valence electrons. The number of nitrogens with one attached hydrogen (secondary N) is 2. The SMILES string of the molecule is CCCN(C(=O)C(F)(F)F)c1ccc(-c2nc(NCCN(C)C)nc3c2CNC(=O)N3c2c(F)cccc2F)c(C)c1. The van der Waals surface area contributed by atoms with E-state index in [9.17, 15) is 31.5 Å². The molecule has 42 heavy (non-hydrogen) atoms. The molecule has 0 bridgehead atoms. The molecule has 1 aliphatic heterocycles. The van der Waals surface area contributed by atoms with Crippen LogP contribution in [0.25, 0.3) is 11.3 Å². The second-order valence-electron chi connectivity index (χ2n) is 9.95. The minimum absolute atomic E-state index is 0.0519. The summed E-state index contributed by atoms with van der Waals surface area (Å²) in [5.41, 5.74) is 1.01. The van der Waals surface area contributed by atoms with Crippen molar-refractivity contribution in [3.63, 3.8) is 0 Å². The number of hydrogen-bond acceptors (Lipinski definition) is 6. The van der Waals surface area contributed by atoms with Gasteiger partial charge in [-0.25, -0.2) is 23.5 Å². The summed E-state index contributed by atoms with van der Waals surface area (Å²) in [5, 5.41) is 5.66. The number of hydrogen-bond donors (Lipinski definition) is 2. The van der Waals surface area contributed by atoms with Crippen LogP contribution in [0.4, 0.5) is 49.9 Å². The summed E-state index contributed by atoms with van der Waals surface area (Å²) in [7, 11) is 3.73. The van der Waals surface area contributed by atoms with Crippen LogP contribution in [0.3, 0.4) is 0 Å². The van der Waals surface area contributed by atoms with E-state index in [1.165, 1.54) is 24.3 Å². The van der Waals surface area contributed by atoms with Crippen LogP contribution in [0.2, 0.25) is 0 Å². The minimum atomic E-state index is -5.05. The molecule has 3 aromatic rings. The van der Waals surface area contributed by atoms with Gasteiger partial charge in [0.15, 0.2) is 5.82 Å². The van der Waals surface area contributed by atoms with Gasteiger partial charge in [-0.2, -0.15) is 18.2 Å². The number of nitrogens with zero attached hydrogens (tertiary/aromatic N) is 5. The summed E-state index contributed by atoms with van der Waals surface area (Å²) in [6.45, 7) is 4.07. The summed E-state index contributed by atoms with van der Waals surface area (Å²) in [5.74, 6) is -3.92. The summed E-state index contributed by atoms with van der Waals surface area (Å²) >= 11 is 0. The number of amides is 3. The normalized spacial score (nSPS) is 13.2. The van der Waals surface area contributed by atoms with Crippen LogP contribution in [-0.4, -0.2) is 66.7 Å². The summed E-state index contributed by atoms with van der Waals surface area (Å²) in [6, 6.07) is 6.75.